The monoisotopic (exact) mass is 849 g/mol. The Morgan fingerprint density at radius 1 is 0.379 bits per heavy atom. The van der Waals surface area contributed by atoms with Crippen LogP contribution in [0.5, 0.6) is 0 Å². The van der Waals surface area contributed by atoms with E-state index in [1.807, 2.05) is 12.1 Å². The Bertz CT molecular complexity index is 3150. The first kappa shape index (κ1) is 42.0. The SMILES string of the molecule is CCC(CC)(c1ccc(C2=CCC(c3ccc(-c4ccccc4)cc3)=CC(c3ccccc3)=N2)cc1)c1ccc(-c2nc(-c3ccccc3)cc(-c3ccc(-c4ccccc4)cc3)n2)cc1. The molecule has 1 aliphatic heterocycles. The van der Waals surface area contributed by atoms with Gasteiger partial charge in [0.15, 0.2) is 5.82 Å². The van der Waals surface area contributed by atoms with Gasteiger partial charge in [0, 0.05) is 27.7 Å². The summed E-state index contributed by atoms with van der Waals surface area (Å²) >= 11 is 0. The zero-order valence-corrected chi connectivity index (χ0v) is 37.5. The molecular weight excluding hydrogens is 799 g/mol. The highest BCUT2D eigenvalue weighted by Crippen LogP contribution is 2.41. The van der Waals surface area contributed by atoms with Gasteiger partial charge in [-0.05, 0) is 81.5 Å². The van der Waals surface area contributed by atoms with Crippen molar-refractivity contribution in [2.24, 2.45) is 4.99 Å². The lowest BCUT2D eigenvalue weighted by atomic mass is 9.70. The molecule has 0 aliphatic carbocycles. The molecule has 0 radical (unpaired) electrons. The lowest BCUT2D eigenvalue weighted by Gasteiger charge is -2.33. The summed E-state index contributed by atoms with van der Waals surface area (Å²) in [6.07, 6.45) is 7.25. The van der Waals surface area contributed by atoms with Gasteiger partial charge in [-0.25, -0.2) is 15.0 Å². The zero-order valence-electron chi connectivity index (χ0n) is 37.5. The van der Waals surface area contributed by atoms with Crippen molar-refractivity contribution >= 4 is 17.0 Å². The van der Waals surface area contributed by atoms with Crippen molar-refractivity contribution in [3.63, 3.8) is 0 Å². The Kier molecular flexibility index (Phi) is 12.1. The van der Waals surface area contributed by atoms with Crippen LogP contribution in [0.15, 0.2) is 242 Å². The molecule has 1 aliphatic rings. The van der Waals surface area contributed by atoms with E-state index >= 15 is 0 Å². The first-order valence-corrected chi connectivity index (χ1v) is 23.1. The third kappa shape index (κ3) is 8.76. The number of rotatable bonds is 12. The summed E-state index contributed by atoms with van der Waals surface area (Å²) in [6, 6.07) is 79.8. The maximum atomic E-state index is 5.34. The molecule has 0 saturated carbocycles. The van der Waals surface area contributed by atoms with Gasteiger partial charge in [-0.15, -0.1) is 0 Å². The Morgan fingerprint density at radius 3 is 1.24 bits per heavy atom. The van der Waals surface area contributed by atoms with E-state index in [0.29, 0.717) is 5.82 Å². The minimum absolute atomic E-state index is 0.174. The van der Waals surface area contributed by atoms with Gasteiger partial charge in [0.25, 0.3) is 0 Å². The number of nitrogens with zero attached hydrogens (tertiary/aromatic N) is 3. The van der Waals surface area contributed by atoms with E-state index in [4.69, 9.17) is 15.0 Å². The van der Waals surface area contributed by atoms with Crippen molar-refractivity contribution < 1.29 is 0 Å². The lowest BCUT2D eigenvalue weighted by Crippen LogP contribution is -2.26. The van der Waals surface area contributed by atoms with Crippen LogP contribution < -0.4 is 0 Å². The first-order chi connectivity index (χ1) is 32.6. The van der Waals surface area contributed by atoms with E-state index in [0.717, 1.165) is 69.9 Å². The quantitative estimate of drug-likeness (QED) is 0.123. The first-order valence-electron chi connectivity index (χ1n) is 23.1. The molecule has 0 N–H and O–H groups in total. The molecule has 1 aromatic heterocycles. The van der Waals surface area contributed by atoms with E-state index in [-0.39, 0.29) is 5.41 Å². The lowest BCUT2D eigenvalue weighted by molar-refractivity contribution is 0.478. The van der Waals surface area contributed by atoms with Crippen molar-refractivity contribution in [1.82, 2.24) is 9.97 Å². The van der Waals surface area contributed by atoms with E-state index in [1.54, 1.807) is 0 Å². The fraction of sp³-hybridized carbons (Fsp3) is 0.0952. The van der Waals surface area contributed by atoms with Crippen LogP contribution in [0.25, 0.3) is 67.4 Å². The predicted octanol–water partition coefficient (Wildman–Crippen LogP) is 16.2. The van der Waals surface area contributed by atoms with Crippen LogP contribution in [0.3, 0.4) is 0 Å². The summed E-state index contributed by atoms with van der Waals surface area (Å²) in [4.78, 5) is 15.7. The van der Waals surface area contributed by atoms with Crippen LogP contribution in [0.2, 0.25) is 0 Å². The Labute approximate surface area is 389 Å². The van der Waals surface area contributed by atoms with Crippen LogP contribution in [0.4, 0.5) is 0 Å². The fourth-order valence-electron chi connectivity index (χ4n) is 9.36. The zero-order chi connectivity index (χ0) is 44.7. The van der Waals surface area contributed by atoms with E-state index in [1.165, 1.54) is 44.5 Å². The highest BCUT2D eigenvalue weighted by atomic mass is 14.9. The van der Waals surface area contributed by atoms with E-state index in [2.05, 4.69) is 238 Å². The molecule has 318 valence electrons. The summed E-state index contributed by atoms with van der Waals surface area (Å²) in [5.74, 6) is 0.710. The van der Waals surface area contributed by atoms with Crippen LogP contribution in [-0.4, -0.2) is 15.7 Å². The van der Waals surface area contributed by atoms with Gasteiger partial charge in [0.2, 0.25) is 0 Å². The number of hydrogen-bond donors (Lipinski definition) is 0. The van der Waals surface area contributed by atoms with Crippen LogP contribution in [-0.2, 0) is 5.41 Å². The van der Waals surface area contributed by atoms with Crippen LogP contribution in [0, 0.1) is 0 Å². The second-order valence-electron chi connectivity index (χ2n) is 17.0. The van der Waals surface area contributed by atoms with E-state index in [9.17, 15) is 0 Å². The highest BCUT2D eigenvalue weighted by Gasteiger charge is 2.31. The molecule has 0 unspecified atom stereocenters. The van der Waals surface area contributed by atoms with Crippen LogP contribution in [0.1, 0.15) is 60.9 Å². The number of benzene rings is 8. The fourth-order valence-corrected chi connectivity index (χ4v) is 9.36. The summed E-state index contributed by atoms with van der Waals surface area (Å²) < 4.78 is 0. The molecule has 3 heteroatoms. The minimum atomic E-state index is -0.174. The van der Waals surface area contributed by atoms with Crippen molar-refractivity contribution in [1.29, 1.82) is 0 Å². The molecule has 10 rings (SSSR count). The molecule has 0 fully saturated rings. The molecule has 0 atom stereocenters. The second-order valence-corrected chi connectivity index (χ2v) is 17.0. The van der Waals surface area contributed by atoms with Crippen molar-refractivity contribution in [2.45, 2.75) is 38.5 Å². The van der Waals surface area contributed by atoms with Crippen molar-refractivity contribution in [3.05, 3.63) is 264 Å². The predicted molar refractivity (Wildman–Crippen MR) is 277 cm³/mol. The smallest absolute Gasteiger partial charge is 0.160 e. The largest absolute Gasteiger partial charge is 0.248 e. The van der Waals surface area contributed by atoms with E-state index < -0.39 is 0 Å². The maximum absolute atomic E-state index is 5.34. The topological polar surface area (TPSA) is 38.1 Å². The second kappa shape index (κ2) is 19.0. The minimum Gasteiger partial charge on any atom is -0.248 e. The van der Waals surface area contributed by atoms with Gasteiger partial charge in [0.1, 0.15) is 0 Å². The summed E-state index contributed by atoms with van der Waals surface area (Å²) in [5.41, 5.74) is 18.7. The van der Waals surface area contributed by atoms with Crippen LogP contribution >= 0.6 is 0 Å². The molecule has 0 bridgehead atoms. The van der Waals surface area contributed by atoms with Crippen molar-refractivity contribution in [3.8, 4) is 56.2 Å². The maximum Gasteiger partial charge on any atom is 0.160 e. The highest BCUT2D eigenvalue weighted by molar-refractivity contribution is 6.15. The Hall–Kier alpha value is -8.01. The Balaban J connectivity index is 0.940. The number of aliphatic imine (C=N–C) groups is 1. The van der Waals surface area contributed by atoms with Gasteiger partial charge >= 0.3 is 0 Å². The molecule has 0 spiro atoms. The summed E-state index contributed by atoms with van der Waals surface area (Å²) in [5, 5.41) is 0. The standard InChI is InChI=1S/C63H51N3/c1-3-63(4-2,57-40-35-54(36-41-57)62-65-60(51-23-15-8-16-24-51)44-61(66-62)53-31-29-48(30-32-53)46-19-11-6-12-20-46)56-38-33-52(34-39-56)58-42-37-55(43-59(64-58)50-21-13-7-14-22-50)49-27-25-47(26-28-49)45-17-9-5-10-18-45/h5-36,38-44H,3-4,37H2,1-2H3. The molecule has 3 nitrogen and oxygen atoms in total. The molecule has 9 aromatic rings. The summed E-state index contributed by atoms with van der Waals surface area (Å²) in [6.45, 7) is 4.61. The number of aromatic nitrogens is 2. The third-order valence-electron chi connectivity index (χ3n) is 13.2. The van der Waals surface area contributed by atoms with Gasteiger partial charge in [-0.1, -0.05) is 238 Å². The Morgan fingerprint density at radius 2 is 0.758 bits per heavy atom. The molecule has 0 amide bonds. The van der Waals surface area contributed by atoms with Gasteiger partial charge < -0.3 is 0 Å². The summed E-state index contributed by atoms with van der Waals surface area (Å²) in [7, 11) is 0. The molecule has 66 heavy (non-hydrogen) atoms. The van der Waals surface area contributed by atoms with Gasteiger partial charge in [-0.3, -0.25) is 0 Å². The average Bonchev–Trinajstić information content (AvgIpc) is 3.64. The van der Waals surface area contributed by atoms with Gasteiger partial charge in [0.05, 0.1) is 22.8 Å². The molecule has 8 aromatic carbocycles. The number of allylic oxidation sites excluding steroid dienone is 3. The average molecular weight is 850 g/mol. The normalized spacial score (nSPS) is 12.7. The van der Waals surface area contributed by atoms with Crippen molar-refractivity contribution in [2.75, 3.05) is 0 Å². The third-order valence-corrected chi connectivity index (χ3v) is 13.2. The van der Waals surface area contributed by atoms with Gasteiger partial charge in [-0.2, -0.15) is 0 Å². The number of hydrogen-bond acceptors (Lipinski definition) is 3. The molecular formula is C63H51N3. The molecule has 2 heterocycles. The molecule has 0 saturated heterocycles.